The van der Waals surface area contributed by atoms with Crippen LogP contribution in [-0.4, -0.2) is 64.7 Å². The lowest BCUT2D eigenvalue weighted by atomic mass is 10.0. The Bertz CT molecular complexity index is 786. The van der Waals surface area contributed by atoms with Crippen LogP contribution in [0, 0.1) is 6.92 Å². The van der Waals surface area contributed by atoms with Crippen LogP contribution in [0.15, 0.2) is 12.3 Å². The van der Waals surface area contributed by atoms with Gasteiger partial charge in [-0.3, -0.25) is 10.2 Å². The molecule has 3 heterocycles. The number of carbonyl (C=O) groups is 1. The highest BCUT2D eigenvalue weighted by Gasteiger charge is 2.33. The molecule has 0 saturated carbocycles. The fourth-order valence-corrected chi connectivity index (χ4v) is 3.95. The molecule has 2 aromatic rings. The largest absolute Gasteiger partial charge is 0.401 e. The maximum atomic E-state index is 12.5. The first-order valence-corrected chi connectivity index (χ1v) is 9.09. The minimum atomic E-state index is -4.19. The van der Waals surface area contributed by atoms with Gasteiger partial charge in [0.25, 0.3) is 0 Å². The zero-order chi connectivity index (χ0) is 18.9. The summed E-state index contributed by atoms with van der Waals surface area (Å²) in [4.78, 5) is 23.9. The summed E-state index contributed by atoms with van der Waals surface area (Å²) >= 11 is 1.35. The van der Waals surface area contributed by atoms with Gasteiger partial charge in [-0.1, -0.05) is 11.3 Å². The van der Waals surface area contributed by atoms with Gasteiger partial charge in [0, 0.05) is 32.4 Å². The van der Waals surface area contributed by atoms with Gasteiger partial charge in [-0.2, -0.15) is 18.2 Å². The van der Waals surface area contributed by atoms with E-state index in [9.17, 15) is 18.0 Å². The molecule has 1 saturated heterocycles. The molecule has 0 bridgehead atoms. The molecule has 1 aliphatic heterocycles. The molecule has 0 unspecified atom stereocenters. The van der Waals surface area contributed by atoms with E-state index < -0.39 is 12.7 Å². The molecule has 1 aliphatic rings. The van der Waals surface area contributed by atoms with Crippen LogP contribution in [0.1, 0.15) is 18.4 Å². The Balaban J connectivity index is 1.56. The van der Waals surface area contributed by atoms with E-state index in [-0.39, 0.29) is 12.1 Å². The van der Waals surface area contributed by atoms with Crippen molar-refractivity contribution < 1.29 is 18.0 Å². The normalized spacial score (nSPS) is 16.8. The van der Waals surface area contributed by atoms with E-state index in [4.69, 9.17) is 0 Å². The number of aryl methyl sites for hydroxylation is 1. The number of fused-ring (bicyclic) bond motifs is 1. The molecule has 0 spiro atoms. The molecule has 0 atom stereocenters. The van der Waals surface area contributed by atoms with E-state index in [1.807, 2.05) is 13.0 Å². The lowest BCUT2D eigenvalue weighted by Crippen LogP contribution is -2.48. The summed E-state index contributed by atoms with van der Waals surface area (Å²) in [5.74, 6) is 0. The monoisotopic (exact) mass is 387 g/mol. The number of carbonyl (C=O) groups excluding carboxylic acids is 1. The number of thiazole rings is 1. The molecule has 0 radical (unpaired) electrons. The Labute approximate surface area is 153 Å². The Hall–Kier alpha value is -1.94. The van der Waals surface area contributed by atoms with Crippen LogP contribution in [0.2, 0.25) is 0 Å². The molecule has 0 aliphatic carbocycles. The minimum Gasteiger partial charge on any atom is -0.324 e. The third-order valence-electron chi connectivity index (χ3n) is 4.43. The number of piperidine rings is 1. The van der Waals surface area contributed by atoms with Crippen LogP contribution >= 0.6 is 11.3 Å². The molecule has 1 fully saturated rings. The lowest BCUT2D eigenvalue weighted by molar-refractivity contribution is -0.148. The van der Waals surface area contributed by atoms with Crippen molar-refractivity contribution in [2.45, 2.75) is 32.0 Å². The van der Waals surface area contributed by atoms with E-state index in [2.05, 4.69) is 15.3 Å². The van der Waals surface area contributed by atoms with Gasteiger partial charge in [-0.15, -0.1) is 0 Å². The number of rotatable bonds is 3. The number of likely N-dealkylation sites (tertiary alicyclic amines) is 1. The second-order valence-electron chi connectivity index (χ2n) is 6.52. The fourth-order valence-electron chi connectivity index (χ4n) is 3.03. The van der Waals surface area contributed by atoms with Gasteiger partial charge in [0.1, 0.15) is 0 Å². The van der Waals surface area contributed by atoms with Crippen molar-refractivity contribution in [2.75, 3.05) is 32.0 Å². The van der Waals surface area contributed by atoms with Gasteiger partial charge in [0.05, 0.1) is 11.2 Å². The maximum absolute atomic E-state index is 12.5. The summed E-state index contributed by atoms with van der Waals surface area (Å²) in [5, 5.41) is 3.22. The summed E-state index contributed by atoms with van der Waals surface area (Å²) in [6.07, 6.45) is -1.44. The van der Waals surface area contributed by atoms with Crippen LogP contribution in [0.25, 0.3) is 10.3 Å². The van der Waals surface area contributed by atoms with Crippen molar-refractivity contribution in [1.29, 1.82) is 0 Å². The smallest absolute Gasteiger partial charge is 0.324 e. The van der Waals surface area contributed by atoms with E-state index in [1.165, 1.54) is 16.2 Å². The molecule has 26 heavy (non-hydrogen) atoms. The molecule has 0 aromatic carbocycles. The molecule has 142 valence electrons. The number of aromatic nitrogens is 2. The first kappa shape index (κ1) is 18.8. The number of nitrogens with one attached hydrogen (secondary N) is 1. The first-order chi connectivity index (χ1) is 12.2. The summed E-state index contributed by atoms with van der Waals surface area (Å²) < 4.78 is 38.2. The van der Waals surface area contributed by atoms with Gasteiger partial charge < -0.3 is 4.90 Å². The maximum Gasteiger partial charge on any atom is 0.401 e. The van der Waals surface area contributed by atoms with Gasteiger partial charge in [0.15, 0.2) is 10.8 Å². The average Bonchev–Trinajstić information content (AvgIpc) is 2.94. The van der Waals surface area contributed by atoms with E-state index >= 15 is 0 Å². The predicted octanol–water partition coefficient (Wildman–Crippen LogP) is 3.49. The highest BCUT2D eigenvalue weighted by Crippen LogP contribution is 2.26. The van der Waals surface area contributed by atoms with Gasteiger partial charge >= 0.3 is 12.2 Å². The van der Waals surface area contributed by atoms with E-state index in [1.54, 1.807) is 18.1 Å². The molecular weight excluding hydrogens is 367 g/mol. The highest BCUT2D eigenvalue weighted by molar-refractivity contribution is 7.22. The van der Waals surface area contributed by atoms with Crippen LogP contribution in [0.3, 0.4) is 0 Å². The Morgan fingerprint density at radius 3 is 2.77 bits per heavy atom. The standard InChI is InChI=1S/C16H20F3N5OS/c1-10-7-12-13(20-8-10)21-14(26-12)22-15(25)23(2)11-3-5-24(6-4-11)9-16(17,18)19/h7-8,11H,3-6,9H2,1-2H3,(H,20,21,22,25). The molecule has 1 N–H and O–H groups in total. The average molecular weight is 387 g/mol. The van der Waals surface area contributed by atoms with Crippen LogP contribution < -0.4 is 5.32 Å². The molecule has 6 nitrogen and oxygen atoms in total. The molecular formula is C16H20F3N5OS. The second-order valence-corrected chi connectivity index (χ2v) is 7.55. The number of pyridine rings is 1. The second kappa shape index (κ2) is 7.36. The Kier molecular flexibility index (Phi) is 5.33. The van der Waals surface area contributed by atoms with Crippen molar-refractivity contribution in [3.8, 4) is 0 Å². The quantitative estimate of drug-likeness (QED) is 0.876. The summed E-state index contributed by atoms with van der Waals surface area (Å²) in [5.41, 5.74) is 1.60. The molecule has 2 aromatic heterocycles. The zero-order valence-corrected chi connectivity index (χ0v) is 15.3. The number of halogens is 3. The topological polar surface area (TPSA) is 61.4 Å². The number of hydrogen-bond donors (Lipinski definition) is 1. The number of amides is 2. The molecule has 10 heteroatoms. The van der Waals surface area contributed by atoms with Crippen molar-refractivity contribution in [2.24, 2.45) is 0 Å². The third-order valence-corrected chi connectivity index (χ3v) is 5.33. The number of anilines is 1. The van der Waals surface area contributed by atoms with E-state index in [0.29, 0.717) is 36.7 Å². The van der Waals surface area contributed by atoms with Crippen LogP contribution in [0.4, 0.5) is 23.1 Å². The number of alkyl halides is 3. The fraction of sp³-hybridized carbons (Fsp3) is 0.562. The SMILES string of the molecule is Cc1cnc2nc(NC(=O)N(C)C3CCN(CC(F)(F)F)CC3)sc2c1. The summed E-state index contributed by atoms with van der Waals surface area (Å²) in [7, 11) is 1.66. The van der Waals surface area contributed by atoms with Crippen molar-refractivity contribution in [3.63, 3.8) is 0 Å². The Morgan fingerprint density at radius 2 is 2.12 bits per heavy atom. The van der Waals surface area contributed by atoms with Gasteiger partial charge in [0.2, 0.25) is 0 Å². The highest BCUT2D eigenvalue weighted by atomic mass is 32.1. The summed E-state index contributed by atoms with van der Waals surface area (Å²) in [6.45, 7) is 1.69. The first-order valence-electron chi connectivity index (χ1n) is 8.27. The number of nitrogens with zero attached hydrogens (tertiary/aromatic N) is 4. The van der Waals surface area contributed by atoms with Crippen LogP contribution in [0.5, 0.6) is 0 Å². The zero-order valence-electron chi connectivity index (χ0n) is 14.5. The van der Waals surface area contributed by atoms with Crippen molar-refractivity contribution in [3.05, 3.63) is 17.8 Å². The van der Waals surface area contributed by atoms with Gasteiger partial charge in [-0.25, -0.2) is 9.78 Å². The lowest BCUT2D eigenvalue weighted by Gasteiger charge is -2.36. The minimum absolute atomic E-state index is 0.0887. The molecule has 3 rings (SSSR count). The van der Waals surface area contributed by atoms with Crippen molar-refractivity contribution in [1.82, 2.24) is 19.8 Å². The molecule has 2 amide bonds. The van der Waals surface area contributed by atoms with Crippen LogP contribution in [-0.2, 0) is 0 Å². The number of urea groups is 1. The van der Waals surface area contributed by atoms with Gasteiger partial charge in [-0.05, 0) is 31.4 Å². The Morgan fingerprint density at radius 1 is 1.42 bits per heavy atom. The van der Waals surface area contributed by atoms with E-state index in [0.717, 1.165) is 10.3 Å². The van der Waals surface area contributed by atoms with Crippen molar-refractivity contribution >= 4 is 32.8 Å². The number of hydrogen-bond acceptors (Lipinski definition) is 5. The predicted molar refractivity (Wildman–Crippen MR) is 94.5 cm³/mol. The summed E-state index contributed by atoms with van der Waals surface area (Å²) in [6, 6.07) is 1.56. The third kappa shape index (κ3) is 4.61.